The Morgan fingerprint density at radius 3 is 2.29 bits per heavy atom. The van der Waals surface area contributed by atoms with Crippen LogP contribution in [0.3, 0.4) is 0 Å². The Morgan fingerprint density at radius 2 is 1.81 bits per heavy atom. The van der Waals surface area contributed by atoms with Gasteiger partial charge in [-0.1, -0.05) is 27.2 Å². The molecular formula is C16H29F3N2. The molecule has 1 saturated heterocycles. The fraction of sp³-hybridized carbons (Fsp3) is 1.00. The smallest absolute Gasteiger partial charge is 0.329 e. The molecule has 1 saturated carbocycles. The van der Waals surface area contributed by atoms with E-state index in [1.54, 1.807) is 0 Å². The summed E-state index contributed by atoms with van der Waals surface area (Å²) in [5.74, 6) is -0.629. The van der Waals surface area contributed by atoms with Crippen LogP contribution in [-0.2, 0) is 0 Å². The number of alkyl halides is 3. The van der Waals surface area contributed by atoms with E-state index in [0.29, 0.717) is 18.9 Å². The number of rotatable bonds is 2. The average Bonchev–Trinajstić information content (AvgIpc) is 2.87. The first-order valence-corrected chi connectivity index (χ1v) is 8.10. The third-order valence-electron chi connectivity index (χ3n) is 5.75. The molecule has 21 heavy (non-hydrogen) atoms. The number of likely N-dealkylation sites (tertiary alicyclic amines) is 1. The van der Waals surface area contributed by atoms with Crippen molar-refractivity contribution in [3.63, 3.8) is 0 Å². The quantitative estimate of drug-likeness (QED) is 0.840. The third kappa shape index (κ3) is 3.55. The molecule has 1 aliphatic carbocycles. The number of hydrogen-bond acceptors (Lipinski definition) is 2. The van der Waals surface area contributed by atoms with Crippen LogP contribution < -0.4 is 5.73 Å². The molecule has 3 atom stereocenters. The molecule has 2 fully saturated rings. The van der Waals surface area contributed by atoms with Crippen LogP contribution in [0.5, 0.6) is 0 Å². The summed E-state index contributed by atoms with van der Waals surface area (Å²) in [7, 11) is 0. The number of halogens is 3. The van der Waals surface area contributed by atoms with Gasteiger partial charge in [-0.25, -0.2) is 0 Å². The standard InChI is InChI=1S/C16H29F3N2/c1-14(2,3)13-6-8-21(10-13)15(11-20)7-4-5-12(9-15)16(17,18)19/h12-13H,4-11,20H2,1-3H3. The predicted octanol–water partition coefficient (Wildman–Crippen LogP) is 3.80. The summed E-state index contributed by atoms with van der Waals surface area (Å²) < 4.78 is 39.3. The Labute approximate surface area is 126 Å². The second kappa shape index (κ2) is 5.73. The Hall–Kier alpha value is -0.290. The van der Waals surface area contributed by atoms with Crippen molar-refractivity contribution in [2.45, 2.75) is 64.6 Å². The van der Waals surface area contributed by atoms with Gasteiger partial charge in [0.25, 0.3) is 0 Å². The fourth-order valence-electron chi connectivity index (χ4n) is 4.12. The van der Waals surface area contributed by atoms with Crippen LogP contribution in [-0.4, -0.2) is 36.2 Å². The van der Waals surface area contributed by atoms with Crippen LogP contribution in [0, 0.1) is 17.3 Å². The highest BCUT2D eigenvalue weighted by Gasteiger charge is 2.51. The molecule has 0 aromatic rings. The fourth-order valence-corrected chi connectivity index (χ4v) is 4.12. The topological polar surface area (TPSA) is 29.3 Å². The van der Waals surface area contributed by atoms with E-state index in [2.05, 4.69) is 25.7 Å². The Balaban J connectivity index is 2.12. The van der Waals surface area contributed by atoms with Crippen molar-refractivity contribution in [3.05, 3.63) is 0 Å². The van der Waals surface area contributed by atoms with Gasteiger partial charge in [0.1, 0.15) is 0 Å². The maximum absolute atomic E-state index is 13.1. The van der Waals surface area contributed by atoms with Crippen molar-refractivity contribution in [3.8, 4) is 0 Å². The SMILES string of the molecule is CC(C)(C)C1CCN(C2(CN)CCCC(C(F)(F)F)C2)C1. The highest BCUT2D eigenvalue weighted by Crippen LogP contribution is 2.46. The van der Waals surface area contributed by atoms with E-state index in [4.69, 9.17) is 5.73 Å². The van der Waals surface area contributed by atoms with Gasteiger partial charge in [-0.2, -0.15) is 13.2 Å². The van der Waals surface area contributed by atoms with Crippen LogP contribution in [0.15, 0.2) is 0 Å². The number of nitrogens with two attached hydrogens (primary N) is 1. The van der Waals surface area contributed by atoms with Crippen LogP contribution in [0.25, 0.3) is 0 Å². The molecule has 0 radical (unpaired) electrons. The summed E-state index contributed by atoms with van der Waals surface area (Å²) in [6, 6.07) is 0. The average molecular weight is 306 g/mol. The molecule has 1 aliphatic heterocycles. The van der Waals surface area contributed by atoms with Crippen molar-refractivity contribution in [2.75, 3.05) is 19.6 Å². The zero-order valence-electron chi connectivity index (χ0n) is 13.5. The molecule has 2 aliphatic rings. The minimum absolute atomic E-state index is 0.184. The van der Waals surface area contributed by atoms with E-state index in [-0.39, 0.29) is 18.3 Å². The van der Waals surface area contributed by atoms with E-state index in [0.717, 1.165) is 25.9 Å². The molecule has 2 rings (SSSR count). The van der Waals surface area contributed by atoms with E-state index < -0.39 is 17.6 Å². The molecule has 0 bridgehead atoms. The molecule has 2 nitrogen and oxygen atoms in total. The largest absolute Gasteiger partial charge is 0.391 e. The number of hydrogen-bond donors (Lipinski definition) is 1. The van der Waals surface area contributed by atoms with Gasteiger partial charge in [0, 0.05) is 18.6 Å². The number of nitrogens with zero attached hydrogens (tertiary/aromatic N) is 1. The lowest BCUT2D eigenvalue weighted by molar-refractivity contribution is -0.193. The molecule has 124 valence electrons. The molecule has 0 spiro atoms. The summed E-state index contributed by atoms with van der Waals surface area (Å²) in [6.45, 7) is 8.78. The van der Waals surface area contributed by atoms with Gasteiger partial charge in [0.15, 0.2) is 0 Å². The van der Waals surface area contributed by atoms with Crippen molar-refractivity contribution >= 4 is 0 Å². The second-order valence-corrected chi connectivity index (χ2v) is 8.06. The van der Waals surface area contributed by atoms with Gasteiger partial charge in [-0.15, -0.1) is 0 Å². The minimum atomic E-state index is -4.08. The lowest BCUT2D eigenvalue weighted by Gasteiger charge is -2.47. The summed E-state index contributed by atoms with van der Waals surface area (Å²) in [5.41, 5.74) is 5.75. The highest BCUT2D eigenvalue weighted by atomic mass is 19.4. The van der Waals surface area contributed by atoms with Gasteiger partial charge >= 0.3 is 6.18 Å². The van der Waals surface area contributed by atoms with Gasteiger partial charge in [0.2, 0.25) is 0 Å². The first-order valence-electron chi connectivity index (χ1n) is 8.10. The monoisotopic (exact) mass is 306 g/mol. The van der Waals surface area contributed by atoms with Gasteiger partial charge < -0.3 is 5.73 Å². The Kier molecular flexibility index (Phi) is 4.66. The molecule has 0 amide bonds. The maximum atomic E-state index is 13.1. The van der Waals surface area contributed by atoms with E-state index in [9.17, 15) is 13.2 Å². The third-order valence-corrected chi connectivity index (χ3v) is 5.75. The lowest BCUT2D eigenvalue weighted by Crippen LogP contribution is -2.57. The molecule has 3 unspecified atom stereocenters. The van der Waals surface area contributed by atoms with Crippen LogP contribution in [0.1, 0.15) is 52.9 Å². The van der Waals surface area contributed by atoms with E-state index in [1.165, 1.54) is 0 Å². The van der Waals surface area contributed by atoms with Gasteiger partial charge in [0.05, 0.1) is 5.92 Å². The molecular weight excluding hydrogens is 277 g/mol. The summed E-state index contributed by atoms with van der Waals surface area (Å²) in [6.07, 6.45) is -1.11. The molecule has 1 heterocycles. The van der Waals surface area contributed by atoms with Crippen molar-refractivity contribution in [1.29, 1.82) is 0 Å². The molecule has 0 aromatic carbocycles. The van der Waals surface area contributed by atoms with Crippen LogP contribution in [0.4, 0.5) is 13.2 Å². The van der Waals surface area contributed by atoms with Crippen LogP contribution >= 0.6 is 0 Å². The Morgan fingerprint density at radius 1 is 1.14 bits per heavy atom. The predicted molar refractivity (Wildman–Crippen MR) is 78.9 cm³/mol. The highest BCUT2D eigenvalue weighted by molar-refractivity contribution is 5.01. The zero-order valence-corrected chi connectivity index (χ0v) is 13.5. The van der Waals surface area contributed by atoms with Crippen molar-refractivity contribution in [1.82, 2.24) is 4.90 Å². The van der Waals surface area contributed by atoms with Gasteiger partial charge in [-0.05, 0) is 43.6 Å². The first kappa shape index (κ1) is 17.1. The summed E-state index contributed by atoms with van der Waals surface area (Å²) in [4.78, 5) is 2.28. The van der Waals surface area contributed by atoms with E-state index in [1.807, 2.05) is 0 Å². The first-order chi connectivity index (χ1) is 9.58. The minimum Gasteiger partial charge on any atom is -0.329 e. The van der Waals surface area contributed by atoms with Crippen molar-refractivity contribution < 1.29 is 13.2 Å². The molecule has 5 heteroatoms. The van der Waals surface area contributed by atoms with Gasteiger partial charge in [-0.3, -0.25) is 4.90 Å². The maximum Gasteiger partial charge on any atom is 0.391 e. The van der Waals surface area contributed by atoms with E-state index >= 15 is 0 Å². The lowest BCUT2D eigenvalue weighted by atomic mass is 9.74. The zero-order chi connectivity index (χ0) is 15.9. The summed E-state index contributed by atoms with van der Waals surface area (Å²) in [5, 5.41) is 0. The van der Waals surface area contributed by atoms with Crippen LogP contribution in [0.2, 0.25) is 0 Å². The summed E-state index contributed by atoms with van der Waals surface area (Å²) >= 11 is 0. The second-order valence-electron chi connectivity index (χ2n) is 8.06. The van der Waals surface area contributed by atoms with Crippen molar-refractivity contribution in [2.24, 2.45) is 23.0 Å². The molecule has 0 aromatic heterocycles. The normalized spacial score (nSPS) is 36.1. The Bertz CT molecular complexity index is 362. The molecule has 2 N–H and O–H groups in total.